The third-order valence-corrected chi connectivity index (χ3v) is 7.86. The second-order valence-corrected chi connectivity index (χ2v) is 12.3. The zero-order valence-electron chi connectivity index (χ0n) is 20.2. The Morgan fingerprint density at radius 3 is 2.31 bits per heavy atom. The van der Waals surface area contributed by atoms with Gasteiger partial charge in [0.1, 0.15) is 0 Å². The van der Waals surface area contributed by atoms with Crippen LogP contribution >= 0.6 is 0 Å². The van der Waals surface area contributed by atoms with E-state index in [1.54, 1.807) is 0 Å². The van der Waals surface area contributed by atoms with Gasteiger partial charge in [0, 0.05) is 12.2 Å². The zero-order chi connectivity index (χ0) is 23.5. The number of benzene rings is 2. The minimum absolute atomic E-state index is 0.134. The molecule has 0 aliphatic carbocycles. The van der Waals surface area contributed by atoms with E-state index in [1.165, 1.54) is 5.57 Å². The van der Waals surface area contributed by atoms with E-state index >= 15 is 0 Å². The van der Waals surface area contributed by atoms with Crippen LogP contribution in [0.5, 0.6) is 0 Å². The highest BCUT2D eigenvalue weighted by Gasteiger charge is 2.49. The highest BCUT2D eigenvalue weighted by atomic mass is 32.2. The molecule has 0 spiro atoms. The average Bonchev–Trinajstić information content (AvgIpc) is 2.98. The predicted molar refractivity (Wildman–Crippen MR) is 135 cm³/mol. The number of carbonyl (C=O) groups excluding carboxylic acids is 1. The molecule has 2 atom stereocenters. The van der Waals surface area contributed by atoms with Gasteiger partial charge in [-0.2, -0.15) is 0 Å². The van der Waals surface area contributed by atoms with Gasteiger partial charge in [-0.05, 0) is 71.7 Å². The van der Waals surface area contributed by atoms with Crippen LogP contribution in [-0.2, 0) is 27.7 Å². The summed E-state index contributed by atoms with van der Waals surface area (Å²) in [5.74, 6) is 0.134. The quantitative estimate of drug-likeness (QED) is 0.488. The molecule has 32 heavy (non-hydrogen) atoms. The molecule has 1 heterocycles. The van der Waals surface area contributed by atoms with Crippen LogP contribution in [0.25, 0.3) is 0 Å². The maximum absolute atomic E-state index is 14.1. The van der Waals surface area contributed by atoms with Gasteiger partial charge in [0.25, 0.3) is 0 Å². The number of rotatable bonds is 8. The highest BCUT2D eigenvalue weighted by molar-refractivity contribution is 7.84. The van der Waals surface area contributed by atoms with Crippen LogP contribution in [0.2, 0.25) is 0 Å². The first-order valence-corrected chi connectivity index (χ1v) is 12.4. The summed E-state index contributed by atoms with van der Waals surface area (Å²) in [5, 5.41) is 0. The number of amides is 1. The summed E-state index contributed by atoms with van der Waals surface area (Å²) in [6, 6.07) is 18.3. The van der Waals surface area contributed by atoms with Crippen molar-refractivity contribution >= 4 is 22.6 Å². The first-order valence-electron chi connectivity index (χ1n) is 11.3. The van der Waals surface area contributed by atoms with Gasteiger partial charge in [-0.25, -0.2) is 8.51 Å². The van der Waals surface area contributed by atoms with Gasteiger partial charge in [-0.1, -0.05) is 60.2 Å². The average molecular weight is 453 g/mol. The molecule has 0 N–H and O–H groups in total. The van der Waals surface area contributed by atoms with Crippen molar-refractivity contribution in [1.82, 2.24) is 4.31 Å². The molecule has 2 aromatic rings. The van der Waals surface area contributed by atoms with E-state index in [9.17, 15) is 9.00 Å². The van der Waals surface area contributed by atoms with E-state index in [1.807, 2.05) is 67.4 Å². The van der Waals surface area contributed by atoms with Crippen molar-refractivity contribution in [1.29, 1.82) is 0 Å². The lowest BCUT2D eigenvalue weighted by atomic mass is 9.75. The molecule has 2 aromatic carbocycles. The predicted octanol–water partition coefficient (Wildman–Crippen LogP) is 5.61. The van der Waals surface area contributed by atoms with E-state index in [-0.39, 0.29) is 10.7 Å². The summed E-state index contributed by atoms with van der Waals surface area (Å²) in [7, 11) is 0.763. The molecule has 172 valence electrons. The lowest BCUT2D eigenvalue weighted by Crippen LogP contribution is -2.43. The Kier molecular flexibility index (Phi) is 7.41. The van der Waals surface area contributed by atoms with Gasteiger partial charge in [0.2, 0.25) is 5.91 Å². The van der Waals surface area contributed by atoms with Crippen molar-refractivity contribution in [2.45, 2.75) is 64.2 Å². The molecule has 0 unspecified atom stereocenters. The fourth-order valence-corrected chi connectivity index (χ4v) is 5.53. The van der Waals surface area contributed by atoms with Crippen LogP contribution in [0.3, 0.4) is 0 Å². The van der Waals surface area contributed by atoms with E-state index in [4.69, 9.17) is 0 Å². The van der Waals surface area contributed by atoms with Gasteiger partial charge >= 0.3 is 0 Å². The second-order valence-electron chi connectivity index (χ2n) is 9.92. The minimum atomic E-state index is -1.13. The van der Waals surface area contributed by atoms with Crippen molar-refractivity contribution < 1.29 is 9.00 Å². The van der Waals surface area contributed by atoms with E-state index in [2.05, 4.69) is 44.2 Å². The maximum atomic E-state index is 14.1. The van der Waals surface area contributed by atoms with Crippen molar-refractivity contribution in [3.05, 3.63) is 77.4 Å². The Bertz CT molecular complexity index is 1010. The number of fused-ring (bicyclic) bond motifs is 1. The first-order chi connectivity index (χ1) is 15.1. The molecule has 5 heteroatoms. The molecule has 1 aliphatic heterocycles. The number of carbonyl (C=O) groups is 1. The maximum Gasteiger partial charge on any atom is 0.238 e. The molecule has 1 amide bonds. The first kappa shape index (κ1) is 24.4. The number of hydrogen-bond acceptors (Lipinski definition) is 2. The molecule has 0 fully saturated rings. The lowest BCUT2D eigenvalue weighted by molar-refractivity contribution is -0.123. The van der Waals surface area contributed by atoms with Crippen LogP contribution in [0, 0.1) is 0 Å². The third kappa shape index (κ3) is 5.05. The highest BCUT2D eigenvalue weighted by Crippen LogP contribution is 2.47. The lowest BCUT2D eigenvalue weighted by Gasteiger charge is -2.32. The SMILES string of the molecule is CC(C)=CC[C@@]1(CCN(C)[S@@](=O)C(C)(C)C)C(=O)N(Cc2ccccc2)c2ccccc21. The number of para-hydroxylation sites is 1. The fraction of sp³-hybridized carbons (Fsp3) is 0.444. The van der Waals surface area contributed by atoms with E-state index < -0.39 is 16.4 Å². The Morgan fingerprint density at radius 1 is 1.06 bits per heavy atom. The van der Waals surface area contributed by atoms with E-state index in [0.717, 1.165) is 16.8 Å². The molecular weight excluding hydrogens is 416 g/mol. The summed E-state index contributed by atoms with van der Waals surface area (Å²) >= 11 is 0. The summed E-state index contributed by atoms with van der Waals surface area (Å²) in [6.07, 6.45) is 3.43. The molecule has 3 rings (SSSR count). The number of anilines is 1. The van der Waals surface area contributed by atoms with Gasteiger partial charge in [-0.3, -0.25) is 4.79 Å². The standard InChI is InChI=1S/C27H36N2O2S/c1-21(2)16-17-27(18-19-28(6)32(31)26(3,4)5)23-14-10-11-15-24(23)29(25(27)30)20-22-12-8-7-9-13-22/h7-16H,17-20H2,1-6H3/t27-,32-/m0/s1. The van der Waals surface area contributed by atoms with Crippen LogP contribution in [0.15, 0.2) is 66.2 Å². The Balaban J connectivity index is 1.99. The molecule has 0 saturated carbocycles. The molecule has 0 aromatic heterocycles. The smallest absolute Gasteiger partial charge is 0.238 e. The van der Waals surface area contributed by atoms with Crippen LogP contribution < -0.4 is 4.90 Å². The van der Waals surface area contributed by atoms with Crippen molar-refractivity contribution in [3.8, 4) is 0 Å². The van der Waals surface area contributed by atoms with Crippen LogP contribution in [0.1, 0.15) is 58.6 Å². The Labute approximate surface area is 195 Å². The normalized spacial score (nSPS) is 19.2. The summed E-state index contributed by atoms with van der Waals surface area (Å²) in [6.45, 7) is 11.2. The Hall–Kier alpha value is -2.24. The molecule has 1 aliphatic rings. The number of allylic oxidation sites excluding steroid dienone is 2. The molecule has 0 saturated heterocycles. The Morgan fingerprint density at radius 2 is 1.69 bits per heavy atom. The number of nitrogens with zero attached hydrogens (tertiary/aromatic N) is 2. The second kappa shape index (κ2) is 9.72. The topological polar surface area (TPSA) is 40.6 Å². The molecule has 4 nitrogen and oxygen atoms in total. The summed E-state index contributed by atoms with van der Waals surface area (Å²) < 4.78 is 14.5. The molecule has 0 radical (unpaired) electrons. The van der Waals surface area contributed by atoms with Crippen molar-refractivity contribution in [2.75, 3.05) is 18.5 Å². The van der Waals surface area contributed by atoms with Gasteiger partial charge in [0.05, 0.1) is 27.7 Å². The van der Waals surface area contributed by atoms with Crippen LogP contribution in [0.4, 0.5) is 5.69 Å². The monoisotopic (exact) mass is 452 g/mol. The number of hydrogen-bond donors (Lipinski definition) is 0. The van der Waals surface area contributed by atoms with E-state index in [0.29, 0.717) is 25.9 Å². The van der Waals surface area contributed by atoms with Gasteiger partial charge < -0.3 is 4.90 Å². The summed E-state index contributed by atoms with van der Waals surface area (Å²) in [4.78, 5) is 16.0. The zero-order valence-corrected chi connectivity index (χ0v) is 21.0. The molecular formula is C27H36N2O2S. The van der Waals surface area contributed by atoms with Crippen molar-refractivity contribution in [3.63, 3.8) is 0 Å². The third-order valence-electron chi connectivity index (χ3n) is 6.07. The van der Waals surface area contributed by atoms with Crippen molar-refractivity contribution in [2.24, 2.45) is 0 Å². The largest absolute Gasteiger partial charge is 0.307 e. The summed E-state index contributed by atoms with van der Waals surface area (Å²) in [5.41, 5.74) is 3.72. The van der Waals surface area contributed by atoms with Gasteiger partial charge in [0.15, 0.2) is 0 Å². The molecule has 0 bridgehead atoms. The van der Waals surface area contributed by atoms with Gasteiger partial charge in [-0.15, -0.1) is 0 Å². The van der Waals surface area contributed by atoms with Crippen LogP contribution in [-0.4, -0.2) is 32.8 Å². The fourth-order valence-electron chi connectivity index (χ4n) is 4.34. The minimum Gasteiger partial charge on any atom is -0.307 e.